The highest BCUT2D eigenvalue weighted by atomic mass is 19.2. The Morgan fingerprint density at radius 2 is 1.95 bits per heavy atom. The maximum Gasteiger partial charge on any atom is 0.222 e. The van der Waals surface area contributed by atoms with Crippen LogP contribution in [-0.4, -0.2) is 23.9 Å². The number of hydrogen-bond donors (Lipinski definition) is 0. The van der Waals surface area contributed by atoms with Crippen LogP contribution in [0.2, 0.25) is 0 Å². The number of nitrogens with zero attached hydrogens (tertiary/aromatic N) is 1. The Morgan fingerprint density at radius 1 is 1.14 bits per heavy atom. The normalized spacial score (nSPS) is 21.9. The molecule has 0 radical (unpaired) electrons. The average molecular weight is 307 g/mol. The number of piperidine rings is 1. The lowest BCUT2D eigenvalue weighted by Gasteiger charge is -2.33. The third kappa shape index (κ3) is 4.05. The van der Waals surface area contributed by atoms with Gasteiger partial charge >= 0.3 is 0 Å². The molecule has 1 heterocycles. The number of hydrogen-bond acceptors (Lipinski definition) is 1. The van der Waals surface area contributed by atoms with Gasteiger partial charge in [0.25, 0.3) is 0 Å². The molecule has 0 aromatic heterocycles. The van der Waals surface area contributed by atoms with Gasteiger partial charge in [0.1, 0.15) is 0 Å². The van der Waals surface area contributed by atoms with Crippen molar-refractivity contribution in [2.75, 3.05) is 13.1 Å². The van der Waals surface area contributed by atoms with E-state index in [0.29, 0.717) is 17.7 Å². The van der Waals surface area contributed by atoms with Crippen molar-refractivity contribution in [2.24, 2.45) is 11.8 Å². The van der Waals surface area contributed by atoms with E-state index in [1.807, 2.05) is 4.90 Å². The van der Waals surface area contributed by atoms with Crippen LogP contribution in [0.25, 0.3) is 0 Å². The van der Waals surface area contributed by atoms with Gasteiger partial charge in [-0.1, -0.05) is 6.07 Å². The second-order valence-electron chi connectivity index (χ2n) is 6.78. The number of likely N-dealkylation sites (tertiary alicyclic amines) is 1. The predicted octanol–water partition coefficient (Wildman–Crippen LogP) is 3.94. The van der Waals surface area contributed by atoms with Crippen LogP contribution in [0.5, 0.6) is 0 Å². The third-order valence-corrected chi connectivity index (χ3v) is 4.86. The molecule has 1 unspecified atom stereocenters. The minimum Gasteiger partial charge on any atom is -0.342 e. The van der Waals surface area contributed by atoms with E-state index in [-0.39, 0.29) is 0 Å². The molecule has 2 aliphatic rings. The van der Waals surface area contributed by atoms with Crippen molar-refractivity contribution >= 4 is 5.91 Å². The lowest BCUT2D eigenvalue weighted by atomic mass is 9.91. The van der Waals surface area contributed by atoms with E-state index >= 15 is 0 Å². The van der Waals surface area contributed by atoms with Gasteiger partial charge in [-0.15, -0.1) is 0 Å². The molecule has 4 heteroatoms. The van der Waals surface area contributed by atoms with Crippen LogP contribution in [0.15, 0.2) is 18.2 Å². The van der Waals surface area contributed by atoms with E-state index in [1.54, 1.807) is 6.07 Å². The Balaban J connectivity index is 1.49. The Kier molecular flexibility index (Phi) is 4.74. The zero-order valence-electron chi connectivity index (χ0n) is 12.9. The van der Waals surface area contributed by atoms with Gasteiger partial charge in [-0.05, 0) is 68.1 Å². The van der Waals surface area contributed by atoms with Gasteiger partial charge in [-0.2, -0.15) is 0 Å². The highest BCUT2D eigenvalue weighted by molar-refractivity contribution is 5.76. The fraction of sp³-hybridized carbons (Fsp3) is 0.611. The minimum atomic E-state index is -0.793. The Labute approximate surface area is 130 Å². The molecule has 0 bridgehead atoms. The molecule has 2 fully saturated rings. The molecule has 1 aromatic carbocycles. The molecule has 1 aromatic rings. The summed E-state index contributed by atoms with van der Waals surface area (Å²) in [4.78, 5) is 14.2. The largest absolute Gasteiger partial charge is 0.342 e. The summed E-state index contributed by atoms with van der Waals surface area (Å²) in [6.07, 6.45) is 6.98. The summed E-state index contributed by atoms with van der Waals surface area (Å²) in [7, 11) is 0. The van der Waals surface area contributed by atoms with Crippen LogP contribution in [0.4, 0.5) is 8.78 Å². The Morgan fingerprint density at radius 3 is 2.68 bits per heavy atom. The number of aryl methyl sites for hydroxylation is 1. The summed E-state index contributed by atoms with van der Waals surface area (Å²) in [6, 6.07) is 4.13. The van der Waals surface area contributed by atoms with Crippen molar-refractivity contribution in [3.05, 3.63) is 35.4 Å². The van der Waals surface area contributed by atoms with Crippen LogP contribution in [0, 0.1) is 23.5 Å². The first-order valence-corrected chi connectivity index (χ1v) is 8.33. The van der Waals surface area contributed by atoms with E-state index in [9.17, 15) is 13.6 Å². The van der Waals surface area contributed by atoms with Gasteiger partial charge in [0.05, 0.1) is 0 Å². The molecule has 1 aliphatic carbocycles. The summed E-state index contributed by atoms with van der Waals surface area (Å²) in [5, 5.41) is 0. The van der Waals surface area contributed by atoms with Crippen molar-refractivity contribution in [3.63, 3.8) is 0 Å². The molecule has 120 valence electrons. The molecule has 1 amide bonds. The molecular weight excluding hydrogens is 284 g/mol. The third-order valence-electron chi connectivity index (χ3n) is 4.86. The summed E-state index contributed by atoms with van der Waals surface area (Å²) < 4.78 is 26.1. The number of rotatable bonds is 5. The quantitative estimate of drug-likeness (QED) is 0.807. The molecule has 1 saturated carbocycles. The highest BCUT2D eigenvalue weighted by Crippen LogP contribution is 2.33. The molecule has 2 nitrogen and oxygen atoms in total. The number of benzene rings is 1. The average Bonchev–Trinajstić information content (AvgIpc) is 3.33. The molecular formula is C18H23F2NO. The zero-order valence-corrected chi connectivity index (χ0v) is 12.9. The maximum atomic E-state index is 13.2. The zero-order chi connectivity index (χ0) is 15.5. The van der Waals surface area contributed by atoms with Crippen molar-refractivity contribution in [1.29, 1.82) is 0 Å². The van der Waals surface area contributed by atoms with Crippen molar-refractivity contribution in [1.82, 2.24) is 4.90 Å². The topological polar surface area (TPSA) is 20.3 Å². The first-order valence-electron chi connectivity index (χ1n) is 8.33. The minimum absolute atomic E-state index is 0.306. The lowest BCUT2D eigenvalue weighted by molar-refractivity contribution is -0.133. The molecule has 22 heavy (non-hydrogen) atoms. The van der Waals surface area contributed by atoms with Crippen LogP contribution < -0.4 is 0 Å². The predicted molar refractivity (Wildman–Crippen MR) is 81.3 cm³/mol. The second-order valence-corrected chi connectivity index (χ2v) is 6.78. The van der Waals surface area contributed by atoms with E-state index < -0.39 is 11.6 Å². The van der Waals surface area contributed by atoms with Crippen LogP contribution in [0.1, 0.15) is 44.1 Å². The first kappa shape index (κ1) is 15.4. The molecule has 1 saturated heterocycles. The van der Waals surface area contributed by atoms with Crippen LogP contribution in [0.3, 0.4) is 0 Å². The fourth-order valence-electron chi connectivity index (χ4n) is 3.29. The highest BCUT2D eigenvalue weighted by Gasteiger charge is 2.29. The van der Waals surface area contributed by atoms with Gasteiger partial charge < -0.3 is 4.90 Å². The van der Waals surface area contributed by atoms with Gasteiger partial charge in [0.2, 0.25) is 5.91 Å². The number of amides is 1. The van der Waals surface area contributed by atoms with Gasteiger partial charge in [0, 0.05) is 19.5 Å². The van der Waals surface area contributed by atoms with Gasteiger partial charge in [-0.25, -0.2) is 8.78 Å². The van der Waals surface area contributed by atoms with E-state index in [1.165, 1.54) is 25.0 Å². The Bertz CT molecular complexity index is 542. The molecule has 3 rings (SSSR count). The standard InChI is InChI=1S/C18H23F2NO/c19-16-8-7-13(10-17(16)20)5-6-15-2-1-9-21(12-15)18(22)11-14-3-4-14/h7-8,10,14-15H,1-6,9,11-12H2. The lowest BCUT2D eigenvalue weighted by Crippen LogP contribution is -2.40. The summed E-state index contributed by atoms with van der Waals surface area (Å²) in [6.45, 7) is 1.71. The summed E-state index contributed by atoms with van der Waals surface area (Å²) in [5.41, 5.74) is 0.834. The van der Waals surface area contributed by atoms with E-state index in [0.717, 1.165) is 50.8 Å². The number of carbonyl (C=O) groups is 1. The molecule has 1 atom stereocenters. The fourth-order valence-corrected chi connectivity index (χ4v) is 3.29. The van der Waals surface area contributed by atoms with Crippen molar-refractivity contribution < 1.29 is 13.6 Å². The van der Waals surface area contributed by atoms with Crippen LogP contribution in [-0.2, 0) is 11.2 Å². The van der Waals surface area contributed by atoms with Crippen LogP contribution >= 0.6 is 0 Å². The second kappa shape index (κ2) is 6.76. The monoisotopic (exact) mass is 307 g/mol. The van der Waals surface area contributed by atoms with Gasteiger partial charge in [0.15, 0.2) is 11.6 Å². The van der Waals surface area contributed by atoms with E-state index in [4.69, 9.17) is 0 Å². The molecule has 0 spiro atoms. The smallest absolute Gasteiger partial charge is 0.222 e. The maximum absolute atomic E-state index is 13.2. The van der Waals surface area contributed by atoms with E-state index in [2.05, 4.69) is 0 Å². The molecule has 1 aliphatic heterocycles. The van der Waals surface area contributed by atoms with Crippen molar-refractivity contribution in [3.8, 4) is 0 Å². The van der Waals surface area contributed by atoms with Gasteiger partial charge in [-0.3, -0.25) is 4.79 Å². The summed E-state index contributed by atoms with van der Waals surface area (Å²) >= 11 is 0. The molecule has 0 N–H and O–H groups in total. The Hall–Kier alpha value is -1.45. The SMILES string of the molecule is O=C(CC1CC1)N1CCCC(CCc2ccc(F)c(F)c2)C1. The van der Waals surface area contributed by atoms with Crippen molar-refractivity contribution in [2.45, 2.75) is 44.9 Å². The number of halogens is 2. The summed E-state index contributed by atoms with van der Waals surface area (Å²) in [5.74, 6) is -0.152. The first-order chi connectivity index (χ1) is 10.6. The number of carbonyl (C=O) groups excluding carboxylic acids is 1.